The van der Waals surface area contributed by atoms with Gasteiger partial charge in [0, 0.05) is 19.2 Å². The van der Waals surface area contributed by atoms with Gasteiger partial charge >= 0.3 is 0 Å². The van der Waals surface area contributed by atoms with Gasteiger partial charge in [0.05, 0.1) is 12.5 Å². The van der Waals surface area contributed by atoms with E-state index in [0.717, 1.165) is 12.1 Å². The van der Waals surface area contributed by atoms with Crippen LogP contribution in [-0.4, -0.2) is 15.6 Å². The van der Waals surface area contributed by atoms with E-state index in [2.05, 4.69) is 5.10 Å². The van der Waals surface area contributed by atoms with Crippen LogP contribution in [0.2, 0.25) is 0 Å². The minimum Gasteiger partial charge on any atom is -0.461 e. The minimum atomic E-state index is -0.0179. The molecule has 2 rings (SSSR count). The number of aryl methyl sites for hydroxylation is 1. The molecular weight excluding hydrogens is 192 g/mol. The number of rotatable bonds is 4. The molecule has 0 fully saturated rings. The van der Waals surface area contributed by atoms with Gasteiger partial charge < -0.3 is 4.42 Å². The van der Waals surface area contributed by atoms with Crippen molar-refractivity contribution in [2.75, 3.05) is 0 Å². The van der Waals surface area contributed by atoms with Crippen molar-refractivity contribution >= 4 is 5.78 Å². The van der Waals surface area contributed by atoms with Crippen LogP contribution in [0.15, 0.2) is 35.2 Å². The van der Waals surface area contributed by atoms with Crippen LogP contribution in [0.5, 0.6) is 0 Å². The zero-order valence-corrected chi connectivity index (χ0v) is 8.51. The summed E-state index contributed by atoms with van der Waals surface area (Å²) in [5, 5.41) is 4.10. The Hall–Kier alpha value is -1.84. The number of ketones is 1. The van der Waals surface area contributed by atoms with E-state index in [-0.39, 0.29) is 5.78 Å². The highest BCUT2D eigenvalue weighted by molar-refractivity contribution is 5.94. The van der Waals surface area contributed by atoms with E-state index in [1.54, 1.807) is 23.0 Å². The summed E-state index contributed by atoms with van der Waals surface area (Å²) in [7, 11) is 0. The van der Waals surface area contributed by atoms with Gasteiger partial charge in [0.1, 0.15) is 0 Å². The third kappa shape index (κ3) is 2.15. The fourth-order valence-corrected chi connectivity index (χ4v) is 1.38. The summed E-state index contributed by atoms with van der Waals surface area (Å²) in [5.74, 6) is 0.384. The molecule has 2 heterocycles. The van der Waals surface area contributed by atoms with E-state index in [1.165, 1.54) is 6.26 Å². The van der Waals surface area contributed by atoms with Crippen molar-refractivity contribution in [3.8, 4) is 0 Å². The molecule has 2 aromatic rings. The average Bonchev–Trinajstić information content (AvgIpc) is 2.87. The zero-order chi connectivity index (χ0) is 10.7. The van der Waals surface area contributed by atoms with E-state index in [1.807, 2.05) is 13.1 Å². The van der Waals surface area contributed by atoms with Crippen molar-refractivity contribution in [2.24, 2.45) is 0 Å². The molecule has 0 aromatic carbocycles. The number of nitrogens with zero attached hydrogens (tertiary/aromatic N) is 2. The summed E-state index contributed by atoms with van der Waals surface area (Å²) >= 11 is 0. The van der Waals surface area contributed by atoms with Crippen molar-refractivity contribution in [3.63, 3.8) is 0 Å². The first kappa shape index (κ1) is 9.71. The molecule has 4 heteroatoms. The fourth-order valence-electron chi connectivity index (χ4n) is 1.38. The maximum absolute atomic E-state index is 11.6. The van der Waals surface area contributed by atoms with E-state index in [0.29, 0.717) is 12.2 Å². The highest BCUT2D eigenvalue weighted by Gasteiger charge is 2.10. The van der Waals surface area contributed by atoms with Gasteiger partial charge in [-0.25, -0.2) is 0 Å². The molecule has 0 spiro atoms. The SMILES string of the molecule is CCn1cc(CC(=O)c2ccco2)cn1. The first-order valence-electron chi connectivity index (χ1n) is 4.87. The smallest absolute Gasteiger partial charge is 0.202 e. The third-order valence-corrected chi connectivity index (χ3v) is 2.17. The molecular formula is C11H12N2O2. The highest BCUT2D eigenvalue weighted by atomic mass is 16.3. The Bertz CT molecular complexity index is 443. The number of carbonyl (C=O) groups is 1. The standard InChI is InChI=1S/C11H12N2O2/c1-2-13-8-9(7-12-13)6-10(14)11-4-3-5-15-11/h3-5,7-8H,2,6H2,1H3. The Morgan fingerprint density at radius 2 is 2.47 bits per heavy atom. The van der Waals surface area contributed by atoms with Gasteiger partial charge in [-0.15, -0.1) is 0 Å². The van der Waals surface area contributed by atoms with Gasteiger partial charge in [0.15, 0.2) is 5.76 Å². The van der Waals surface area contributed by atoms with Gasteiger partial charge in [-0.1, -0.05) is 0 Å². The number of Topliss-reactive ketones (excluding diaryl/α,β-unsaturated/α-hetero) is 1. The molecule has 0 radical (unpaired) electrons. The number of carbonyl (C=O) groups excluding carboxylic acids is 1. The summed E-state index contributed by atoms with van der Waals surface area (Å²) in [4.78, 5) is 11.6. The predicted octanol–water partition coefficient (Wildman–Crippen LogP) is 1.92. The van der Waals surface area contributed by atoms with Gasteiger partial charge in [-0.3, -0.25) is 9.48 Å². The number of aromatic nitrogens is 2. The number of hydrogen-bond acceptors (Lipinski definition) is 3. The van der Waals surface area contributed by atoms with Crippen molar-refractivity contribution < 1.29 is 9.21 Å². The van der Waals surface area contributed by atoms with Crippen molar-refractivity contribution in [1.29, 1.82) is 0 Å². The van der Waals surface area contributed by atoms with Crippen molar-refractivity contribution in [3.05, 3.63) is 42.1 Å². The van der Waals surface area contributed by atoms with Crippen LogP contribution < -0.4 is 0 Å². The topological polar surface area (TPSA) is 48.0 Å². The van der Waals surface area contributed by atoms with Crippen LogP contribution >= 0.6 is 0 Å². The second kappa shape index (κ2) is 4.13. The minimum absolute atomic E-state index is 0.0179. The molecule has 0 aliphatic rings. The largest absolute Gasteiger partial charge is 0.461 e. The molecule has 2 aromatic heterocycles. The Kier molecular flexibility index (Phi) is 2.67. The summed E-state index contributed by atoms with van der Waals surface area (Å²) in [6.45, 7) is 2.82. The molecule has 0 N–H and O–H groups in total. The summed E-state index contributed by atoms with van der Waals surface area (Å²) in [6, 6.07) is 3.38. The molecule has 15 heavy (non-hydrogen) atoms. The molecule has 0 atom stereocenters. The van der Waals surface area contributed by atoms with Crippen molar-refractivity contribution in [2.45, 2.75) is 19.9 Å². The average molecular weight is 204 g/mol. The summed E-state index contributed by atoms with van der Waals surface area (Å²) in [5.41, 5.74) is 0.915. The van der Waals surface area contributed by atoms with Crippen LogP contribution in [0.4, 0.5) is 0 Å². The van der Waals surface area contributed by atoms with Crippen LogP contribution in [0, 0.1) is 0 Å². The van der Waals surface area contributed by atoms with E-state index in [9.17, 15) is 4.79 Å². The van der Waals surface area contributed by atoms with E-state index < -0.39 is 0 Å². The molecule has 0 saturated carbocycles. The van der Waals surface area contributed by atoms with Crippen LogP contribution in [0.1, 0.15) is 23.0 Å². The lowest BCUT2D eigenvalue weighted by molar-refractivity contribution is 0.0966. The zero-order valence-electron chi connectivity index (χ0n) is 8.51. The Morgan fingerprint density at radius 1 is 1.60 bits per heavy atom. The molecule has 0 aliphatic heterocycles. The second-order valence-electron chi connectivity index (χ2n) is 3.28. The Morgan fingerprint density at radius 3 is 3.07 bits per heavy atom. The lowest BCUT2D eigenvalue weighted by atomic mass is 10.1. The van der Waals surface area contributed by atoms with E-state index in [4.69, 9.17) is 4.42 Å². The monoisotopic (exact) mass is 204 g/mol. The molecule has 4 nitrogen and oxygen atoms in total. The molecule has 0 bridgehead atoms. The molecule has 0 unspecified atom stereocenters. The van der Waals surface area contributed by atoms with Crippen LogP contribution in [0.3, 0.4) is 0 Å². The predicted molar refractivity (Wildman–Crippen MR) is 54.6 cm³/mol. The van der Waals surface area contributed by atoms with Gasteiger partial charge in [0.2, 0.25) is 5.78 Å². The summed E-state index contributed by atoms with van der Waals surface area (Å²) < 4.78 is 6.82. The molecule has 0 aliphatic carbocycles. The Balaban J connectivity index is 2.06. The molecule has 0 amide bonds. The van der Waals surface area contributed by atoms with Crippen LogP contribution in [0.25, 0.3) is 0 Å². The van der Waals surface area contributed by atoms with Crippen LogP contribution in [-0.2, 0) is 13.0 Å². The lowest BCUT2D eigenvalue weighted by Gasteiger charge is -1.93. The van der Waals surface area contributed by atoms with Crippen molar-refractivity contribution in [1.82, 2.24) is 9.78 Å². The van der Waals surface area contributed by atoms with Gasteiger partial charge in [0.25, 0.3) is 0 Å². The quantitative estimate of drug-likeness (QED) is 0.715. The lowest BCUT2D eigenvalue weighted by Crippen LogP contribution is -2.01. The van der Waals surface area contributed by atoms with Gasteiger partial charge in [-0.2, -0.15) is 5.10 Å². The maximum atomic E-state index is 11.6. The molecule has 0 saturated heterocycles. The number of furan rings is 1. The van der Waals surface area contributed by atoms with E-state index >= 15 is 0 Å². The molecule has 78 valence electrons. The first-order valence-corrected chi connectivity index (χ1v) is 4.87. The normalized spacial score (nSPS) is 10.5. The first-order chi connectivity index (χ1) is 7.29. The maximum Gasteiger partial charge on any atom is 0.202 e. The fraction of sp³-hybridized carbons (Fsp3) is 0.273. The highest BCUT2D eigenvalue weighted by Crippen LogP contribution is 2.07. The van der Waals surface area contributed by atoms with Gasteiger partial charge in [-0.05, 0) is 24.6 Å². The Labute approximate surface area is 87.5 Å². The second-order valence-corrected chi connectivity index (χ2v) is 3.28. The summed E-state index contributed by atoms with van der Waals surface area (Å²) in [6.07, 6.45) is 5.43. The third-order valence-electron chi connectivity index (χ3n) is 2.17. The number of hydrogen-bond donors (Lipinski definition) is 0.